The molecule has 3 N–H and O–H groups in total. The SMILES string of the molecule is CN(C)C(CNC(=O)CC(N)c1ccccc1)c1cccs1. The molecular weight excluding hydrogens is 294 g/mol. The van der Waals surface area contributed by atoms with Crippen molar-refractivity contribution in [3.8, 4) is 0 Å². The second kappa shape index (κ2) is 8.08. The van der Waals surface area contributed by atoms with Crippen LogP contribution in [0.3, 0.4) is 0 Å². The zero-order valence-electron chi connectivity index (χ0n) is 13.0. The predicted octanol–water partition coefficient (Wildman–Crippen LogP) is 2.56. The molecule has 2 rings (SSSR count). The van der Waals surface area contributed by atoms with Gasteiger partial charge in [0.2, 0.25) is 5.91 Å². The van der Waals surface area contributed by atoms with Crippen LogP contribution in [-0.2, 0) is 4.79 Å². The van der Waals surface area contributed by atoms with Gasteiger partial charge < -0.3 is 16.0 Å². The van der Waals surface area contributed by atoms with Gasteiger partial charge in [0.1, 0.15) is 0 Å². The van der Waals surface area contributed by atoms with Crippen molar-refractivity contribution < 1.29 is 4.79 Å². The number of benzene rings is 1. The number of amides is 1. The van der Waals surface area contributed by atoms with E-state index in [1.165, 1.54) is 4.88 Å². The summed E-state index contributed by atoms with van der Waals surface area (Å²) < 4.78 is 0. The molecule has 0 aliphatic heterocycles. The van der Waals surface area contributed by atoms with E-state index in [-0.39, 0.29) is 18.0 Å². The molecule has 2 aromatic rings. The summed E-state index contributed by atoms with van der Waals surface area (Å²) in [7, 11) is 4.04. The van der Waals surface area contributed by atoms with Crippen LogP contribution in [0, 0.1) is 0 Å². The van der Waals surface area contributed by atoms with E-state index in [2.05, 4.69) is 21.7 Å². The molecular formula is C17H23N3OS. The van der Waals surface area contributed by atoms with Gasteiger partial charge in [-0.2, -0.15) is 0 Å². The van der Waals surface area contributed by atoms with Crippen molar-refractivity contribution in [3.05, 3.63) is 58.3 Å². The van der Waals surface area contributed by atoms with Gasteiger partial charge in [-0.3, -0.25) is 4.79 Å². The summed E-state index contributed by atoms with van der Waals surface area (Å²) in [5.41, 5.74) is 7.07. The molecule has 2 atom stereocenters. The van der Waals surface area contributed by atoms with Crippen LogP contribution in [0.2, 0.25) is 0 Å². The van der Waals surface area contributed by atoms with Crippen molar-refractivity contribution in [1.29, 1.82) is 0 Å². The molecule has 0 bridgehead atoms. The topological polar surface area (TPSA) is 58.4 Å². The molecule has 1 heterocycles. The number of nitrogens with one attached hydrogen (secondary N) is 1. The number of hydrogen-bond donors (Lipinski definition) is 2. The summed E-state index contributed by atoms with van der Waals surface area (Å²) in [6, 6.07) is 13.8. The fourth-order valence-electron chi connectivity index (χ4n) is 2.32. The van der Waals surface area contributed by atoms with Crippen LogP contribution in [0.1, 0.15) is 28.9 Å². The second-order valence-electron chi connectivity index (χ2n) is 5.52. The van der Waals surface area contributed by atoms with E-state index in [0.29, 0.717) is 13.0 Å². The zero-order chi connectivity index (χ0) is 15.9. The van der Waals surface area contributed by atoms with Crippen molar-refractivity contribution in [1.82, 2.24) is 10.2 Å². The first-order valence-corrected chi connectivity index (χ1v) is 8.23. The minimum Gasteiger partial charge on any atom is -0.354 e. The van der Waals surface area contributed by atoms with E-state index in [4.69, 9.17) is 5.73 Å². The van der Waals surface area contributed by atoms with Gasteiger partial charge >= 0.3 is 0 Å². The van der Waals surface area contributed by atoms with E-state index < -0.39 is 0 Å². The number of nitrogens with zero attached hydrogens (tertiary/aromatic N) is 1. The van der Waals surface area contributed by atoms with Crippen LogP contribution in [0.25, 0.3) is 0 Å². The quantitative estimate of drug-likeness (QED) is 0.825. The molecule has 5 heteroatoms. The molecule has 0 saturated carbocycles. The van der Waals surface area contributed by atoms with Crippen molar-refractivity contribution in [2.75, 3.05) is 20.6 Å². The molecule has 1 aromatic carbocycles. The summed E-state index contributed by atoms with van der Waals surface area (Å²) in [6.45, 7) is 0.591. The van der Waals surface area contributed by atoms with E-state index in [0.717, 1.165) is 5.56 Å². The Morgan fingerprint density at radius 2 is 1.95 bits per heavy atom. The lowest BCUT2D eigenvalue weighted by Crippen LogP contribution is -2.35. The van der Waals surface area contributed by atoms with Gasteiger partial charge in [0.05, 0.1) is 6.04 Å². The fraction of sp³-hybridized carbons (Fsp3) is 0.353. The van der Waals surface area contributed by atoms with Gasteiger partial charge in [-0.05, 0) is 31.1 Å². The van der Waals surface area contributed by atoms with E-state index in [1.54, 1.807) is 11.3 Å². The highest BCUT2D eigenvalue weighted by Crippen LogP contribution is 2.22. The molecule has 0 aliphatic rings. The molecule has 0 fully saturated rings. The molecule has 0 radical (unpaired) electrons. The predicted molar refractivity (Wildman–Crippen MR) is 91.7 cm³/mol. The third-order valence-corrected chi connectivity index (χ3v) is 4.59. The number of nitrogens with two attached hydrogens (primary N) is 1. The molecule has 4 nitrogen and oxygen atoms in total. The third-order valence-electron chi connectivity index (χ3n) is 3.62. The number of hydrogen-bond acceptors (Lipinski definition) is 4. The molecule has 22 heavy (non-hydrogen) atoms. The molecule has 0 aliphatic carbocycles. The lowest BCUT2D eigenvalue weighted by molar-refractivity contribution is -0.121. The monoisotopic (exact) mass is 317 g/mol. The van der Waals surface area contributed by atoms with E-state index in [9.17, 15) is 4.79 Å². The molecule has 0 saturated heterocycles. The van der Waals surface area contributed by atoms with E-state index in [1.807, 2.05) is 50.5 Å². The Balaban J connectivity index is 1.86. The first-order valence-electron chi connectivity index (χ1n) is 7.35. The Labute approximate surface area is 135 Å². The van der Waals surface area contributed by atoms with Crippen molar-refractivity contribution in [2.45, 2.75) is 18.5 Å². The summed E-state index contributed by atoms with van der Waals surface area (Å²) in [5.74, 6) is -0.0141. The standard InChI is InChI=1S/C17H23N3OS/c1-20(2)15(16-9-6-10-22-16)12-19-17(21)11-14(18)13-7-4-3-5-8-13/h3-10,14-15H,11-12,18H2,1-2H3,(H,19,21). The van der Waals surface area contributed by atoms with Crippen LogP contribution < -0.4 is 11.1 Å². The Morgan fingerprint density at radius 3 is 2.55 bits per heavy atom. The van der Waals surface area contributed by atoms with Crippen LogP contribution in [0.5, 0.6) is 0 Å². The summed E-state index contributed by atoms with van der Waals surface area (Å²) in [4.78, 5) is 15.5. The summed E-state index contributed by atoms with van der Waals surface area (Å²) >= 11 is 1.70. The molecule has 0 spiro atoms. The lowest BCUT2D eigenvalue weighted by Gasteiger charge is -2.24. The van der Waals surface area contributed by atoms with Gasteiger partial charge in [0.15, 0.2) is 0 Å². The highest BCUT2D eigenvalue weighted by atomic mass is 32.1. The zero-order valence-corrected chi connectivity index (χ0v) is 13.8. The Morgan fingerprint density at radius 1 is 1.23 bits per heavy atom. The van der Waals surface area contributed by atoms with Gasteiger partial charge in [-0.1, -0.05) is 36.4 Å². The average molecular weight is 317 g/mol. The Hall–Kier alpha value is -1.69. The number of thiophene rings is 1. The van der Waals surface area contributed by atoms with Crippen LogP contribution in [-0.4, -0.2) is 31.4 Å². The van der Waals surface area contributed by atoms with E-state index >= 15 is 0 Å². The van der Waals surface area contributed by atoms with Crippen molar-refractivity contribution >= 4 is 17.2 Å². The van der Waals surface area contributed by atoms with Gasteiger partial charge in [0.25, 0.3) is 0 Å². The maximum absolute atomic E-state index is 12.1. The molecule has 118 valence electrons. The number of carbonyl (C=O) groups excluding carboxylic acids is 1. The van der Waals surface area contributed by atoms with Crippen LogP contribution in [0.15, 0.2) is 47.8 Å². The van der Waals surface area contributed by atoms with Crippen molar-refractivity contribution in [3.63, 3.8) is 0 Å². The largest absolute Gasteiger partial charge is 0.354 e. The summed E-state index contributed by atoms with van der Waals surface area (Å²) in [6.07, 6.45) is 0.300. The minimum atomic E-state index is -0.263. The molecule has 1 aromatic heterocycles. The fourth-order valence-corrected chi connectivity index (χ4v) is 3.24. The van der Waals surface area contributed by atoms with Crippen molar-refractivity contribution in [2.24, 2.45) is 5.73 Å². The maximum Gasteiger partial charge on any atom is 0.221 e. The van der Waals surface area contributed by atoms with Gasteiger partial charge in [-0.25, -0.2) is 0 Å². The third kappa shape index (κ3) is 4.66. The summed E-state index contributed by atoms with van der Waals surface area (Å²) in [5, 5.41) is 5.05. The highest BCUT2D eigenvalue weighted by molar-refractivity contribution is 7.10. The second-order valence-corrected chi connectivity index (χ2v) is 6.50. The first-order chi connectivity index (χ1) is 10.6. The average Bonchev–Trinajstić information content (AvgIpc) is 3.02. The number of rotatable bonds is 7. The normalized spacial score (nSPS) is 13.8. The lowest BCUT2D eigenvalue weighted by atomic mass is 10.0. The smallest absolute Gasteiger partial charge is 0.221 e. The number of likely N-dealkylation sites (N-methyl/N-ethyl adjacent to an activating group) is 1. The highest BCUT2D eigenvalue weighted by Gasteiger charge is 2.17. The maximum atomic E-state index is 12.1. The van der Waals surface area contributed by atoms with Crippen LogP contribution >= 0.6 is 11.3 Å². The first kappa shape index (κ1) is 16.7. The number of carbonyl (C=O) groups is 1. The molecule has 1 amide bonds. The molecule has 2 unspecified atom stereocenters. The van der Waals surface area contributed by atoms with Crippen LogP contribution in [0.4, 0.5) is 0 Å². The Bertz CT molecular complexity index is 569. The van der Waals surface area contributed by atoms with Gasteiger partial charge in [-0.15, -0.1) is 11.3 Å². The Kier molecular flexibility index (Phi) is 6.12. The minimum absolute atomic E-state index is 0.0141. The van der Waals surface area contributed by atoms with Gasteiger partial charge in [0, 0.05) is 23.9 Å².